The Morgan fingerprint density at radius 2 is 1.84 bits per heavy atom. The highest BCUT2D eigenvalue weighted by Crippen LogP contribution is 2.26. The van der Waals surface area contributed by atoms with Crippen LogP contribution < -0.4 is 16.8 Å². The zero-order valence-electron chi connectivity index (χ0n) is 9.93. The van der Waals surface area contributed by atoms with Crippen molar-refractivity contribution in [3.05, 3.63) is 70.6 Å². The molecule has 0 aliphatic heterocycles. The van der Waals surface area contributed by atoms with Crippen molar-refractivity contribution in [2.75, 3.05) is 0 Å². The summed E-state index contributed by atoms with van der Waals surface area (Å²) in [5.74, 6) is 0. The van der Waals surface area contributed by atoms with E-state index in [2.05, 4.69) is 15.0 Å². The molecule has 0 bridgehead atoms. The first-order chi connectivity index (χ1) is 8.75. The number of imidazole rings is 1. The maximum absolute atomic E-state index is 6.21. The number of hydrogen-bond acceptors (Lipinski definition) is 0. The van der Waals surface area contributed by atoms with Gasteiger partial charge in [-0.1, -0.05) is 41.4 Å². The lowest BCUT2D eigenvalue weighted by Crippen LogP contribution is -3.00. The molecule has 2 aromatic heterocycles. The number of hydrogen-bond donors (Lipinski definition) is 0. The van der Waals surface area contributed by atoms with Crippen LogP contribution in [0.1, 0.15) is 5.56 Å². The first-order valence-electron chi connectivity index (χ1n) is 5.64. The highest BCUT2D eigenvalue weighted by molar-refractivity contribution is 6.42. The molecule has 0 aliphatic rings. The highest BCUT2D eigenvalue weighted by Gasteiger charge is 2.11. The third-order valence-electron chi connectivity index (χ3n) is 2.94. The summed E-state index contributed by atoms with van der Waals surface area (Å²) in [5, 5.41) is 1.22. The van der Waals surface area contributed by atoms with Crippen molar-refractivity contribution in [1.82, 2.24) is 4.57 Å². The molecule has 0 fully saturated rings. The Bertz CT molecular complexity index is 707. The predicted molar refractivity (Wildman–Crippen MR) is 73.2 cm³/mol. The van der Waals surface area contributed by atoms with Gasteiger partial charge in [0.05, 0.1) is 16.2 Å². The van der Waals surface area contributed by atoms with Crippen LogP contribution in [-0.4, -0.2) is 4.57 Å². The number of aromatic nitrogens is 2. The second-order valence-electron chi connectivity index (χ2n) is 4.11. The van der Waals surface area contributed by atoms with Gasteiger partial charge in [-0.2, -0.15) is 0 Å². The Labute approximate surface area is 127 Å². The molecule has 0 saturated carbocycles. The van der Waals surface area contributed by atoms with Crippen LogP contribution in [0.2, 0.25) is 10.0 Å². The number of pyridine rings is 1. The van der Waals surface area contributed by atoms with Crippen molar-refractivity contribution in [2.24, 2.45) is 0 Å². The van der Waals surface area contributed by atoms with E-state index >= 15 is 0 Å². The minimum atomic E-state index is 0. The van der Waals surface area contributed by atoms with E-state index in [-0.39, 0.29) is 12.4 Å². The van der Waals surface area contributed by atoms with Gasteiger partial charge in [0.25, 0.3) is 5.65 Å². The monoisotopic (exact) mass is 312 g/mol. The summed E-state index contributed by atoms with van der Waals surface area (Å²) in [6, 6.07) is 11.8. The Hall–Kier alpha value is -1.22. The van der Waals surface area contributed by atoms with E-state index in [9.17, 15) is 0 Å². The zero-order chi connectivity index (χ0) is 12.5. The van der Waals surface area contributed by atoms with Gasteiger partial charge in [0, 0.05) is 11.6 Å². The maximum Gasteiger partial charge on any atom is 0.286 e. The molecule has 2 nitrogen and oxygen atoms in total. The number of benzene rings is 1. The van der Waals surface area contributed by atoms with Gasteiger partial charge >= 0.3 is 0 Å². The normalized spacial score (nSPS) is 10.4. The van der Waals surface area contributed by atoms with E-state index < -0.39 is 0 Å². The molecule has 2 heterocycles. The average Bonchev–Trinajstić information content (AvgIpc) is 2.79. The molecule has 0 spiro atoms. The summed E-state index contributed by atoms with van der Waals surface area (Å²) in [5.41, 5.74) is 2.14. The summed E-state index contributed by atoms with van der Waals surface area (Å²) < 4.78 is 4.20. The summed E-state index contributed by atoms with van der Waals surface area (Å²) in [7, 11) is 0. The summed E-state index contributed by atoms with van der Waals surface area (Å²) in [6.45, 7) is 0.708. The van der Waals surface area contributed by atoms with Crippen molar-refractivity contribution in [3.8, 4) is 0 Å². The van der Waals surface area contributed by atoms with Crippen molar-refractivity contribution < 1.29 is 16.8 Å². The third-order valence-corrected chi connectivity index (χ3v) is 3.80. The number of fused-ring (bicyclic) bond motifs is 1. The van der Waals surface area contributed by atoms with Crippen LogP contribution >= 0.6 is 23.2 Å². The first-order valence-corrected chi connectivity index (χ1v) is 6.39. The lowest BCUT2D eigenvalue weighted by atomic mass is 10.2. The molecular formula is C14H11Cl3N2. The van der Waals surface area contributed by atoms with Crippen LogP contribution in [0.4, 0.5) is 0 Å². The van der Waals surface area contributed by atoms with Gasteiger partial charge in [-0.25, -0.2) is 8.97 Å². The van der Waals surface area contributed by atoms with Gasteiger partial charge in [-0.15, -0.1) is 0 Å². The molecule has 3 aromatic rings. The Morgan fingerprint density at radius 1 is 1.00 bits per heavy atom. The molecule has 5 heteroatoms. The van der Waals surface area contributed by atoms with Gasteiger partial charge in [-0.05, 0) is 12.1 Å². The largest absolute Gasteiger partial charge is 1.00 e. The molecule has 19 heavy (non-hydrogen) atoms. The van der Waals surface area contributed by atoms with Crippen LogP contribution in [0.3, 0.4) is 0 Å². The van der Waals surface area contributed by atoms with Gasteiger partial charge in [0.1, 0.15) is 18.9 Å². The van der Waals surface area contributed by atoms with Crippen molar-refractivity contribution in [2.45, 2.75) is 6.54 Å². The molecule has 0 aliphatic carbocycles. The standard InChI is InChI=1S/C14H11Cl2N2.ClH/c15-12-5-3-4-11(14(12)16)10-18-9-8-17-7-2-1-6-13(17)18;/h1-9H,10H2;1H/q+1;/p-1. The fourth-order valence-electron chi connectivity index (χ4n) is 2.03. The zero-order valence-corrected chi connectivity index (χ0v) is 12.2. The lowest BCUT2D eigenvalue weighted by Gasteiger charge is -2.03. The van der Waals surface area contributed by atoms with Crippen LogP contribution in [0, 0.1) is 0 Å². The maximum atomic E-state index is 6.21. The van der Waals surface area contributed by atoms with Crippen molar-refractivity contribution in [3.63, 3.8) is 0 Å². The quantitative estimate of drug-likeness (QED) is 0.612. The number of halogens is 3. The van der Waals surface area contributed by atoms with Crippen LogP contribution in [0.5, 0.6) is 0 Å². The smallest absolute Gasteiger partial charge is 0.286 e. The van der Waals surface area contributed by atoms with E-state index in [4.69, 9.17) is 23.2 Å². The minimum Gasteiger partial charge on any atom is -1.00 e. The predicted octanol–water partition coefficient (Wildman–Crippen LogP) is 0.586. The van der Waals surface area contributed by atoms with Crippen molar-refractivity contribution >= 4 is 28.8 Å². The molecular weight excluding hydrogens is 303 g/mol. The molecule has 0 amide bonds. The molecule has 3 rings (SSSR count). The summed E-state index contributed by atoms with van der Waals surface area (Å²) >= 11 is 12.2. The third kappa shape index (κ3) is 2.71. The summed E-state index contributed by atoms with van der Waals surface area (Å²) in [6.07, 6.45) is 6.08. The van der Waals surface area contributed by atoms with E-state index in [1.807, 2.05) is 42.9 Å². The second-order valence-corrected chi connectivity index (χ2v) is 4.89. The lowest BCUT2D eigenvalue weighted by molar-refractivity contribution is -0.510. The molecule has 0 radical (unpaired) electrons. The Kier molecular flexibility index (Phi) is 4.35. The fourth-order valence-corrected chi connectivity index (χ4v) is 2.41. The highest BCUT2D eigenvalue weighted by atomic mass is 35.5. The molecule has 0 atom stereocenters. The van der Waals surface area contributed by atoms with Gasteiger partial charge in [-0.3, -0.25) is 0 Å². The SMILES string of the molecule is Clc1cccc(Cn2cc[n+]3ccccc23)c1Cl.[Cl-]. The number of nitrogens with zero attached hydrogens (tertiary/aromatic N) is 2. The molecule has 0 saturated heterocycles. The van der Waals surface area contributed by atoms with Crippen LogP contribution in [-0.2, 0) is 6.54 Å². The van der Waals surface area contributed by atoms with Gasteiger partial charge in [0.15, 0.2) is 0 Å². The molecule has 0 unspecified atom stereocenters. The van der Waals surface area contributed by atoms with E-state index in [0.29, 0.717) is 16.6 Å². The minimum absolute atomic E-state index is 0. The Balaban J connectivity index is 0.00000133. The van der Waals surface area contributed by atoms with E-state index in [0.717, 1.165) is 11.2 Å². The first kappa shape index (κ1) is 14.2. The van der Waals surface area contributed by atoms with Gasteiger partial charge < -0.3 is 12.4 Å². The van der Waals surface area contributed by atoms with E-state index in [1.165, 1.54) is 0 Å². The topological polar surface area (TPSA) is 9.03 Å². The van der Waals surface area contributed by atoms with Crippen LogP contribution in [0.15, 0.2) is 55.0 Å². The van der Waals surface area contributed by atoms with E-state index in [1.54, 1.807) is 6.07 Å². The number of rotatable bonds is 2. The average molecular weight is 314 g/mol. The molecule has 98 valence electrons. The second kappa shape index (κ2) is 5.83. The van der Waals surface area contributed by atoms with Gasteiger partial charge in [0.2, 0.25) is 0 Å². The fraction of sp³-hybridized carbons (Fsp3) is 0.0714. The Morgan fingerprint density at radius 3 is 2.68 bits per heavy atom. The van der Waals surface area contributed by atoms with Crippen LogP contribution in [0.25, 0.3) is 5.65 Å². The molecule has 1 aromatic carbocycles. The summed E-state index contributed by atoms with van der Waals surface area (Å²) in [4.78, 5) is 0. The van der Waals surface area contributed by atoms with Crippen molar-refractivity contribution in [1.29, 1.82) is 0 Å². The molecule has 0 N–H and O–H groups in total.